The van der Waals surface area contributed by atoms with Crippen LogP contribution in [0.25, 0.3) is 0 Å². The van der Waals surface area contributed by atoms with Gasteiger partial charge in [-0.05, 0) is 37.0 Å². The van der Waals surface area contributed by atoms with Gasteiger partial charge < -0.3 is 5.32 Å². The molecule has 2 aliphatic rings. The van der Waals surface area contributed by atoms with Crippen LogP contribution in [0.4, 0.5) is 5.82 Å². The van der Waals surface area contributed by atoms with E-state index in [1.165, 1.54) is 30.8 Å². The molecule has 3 heteroatoms. The van der Waals surface area contributed by atoms with Crippen molar-refractivity contribution in [3.63, 3.8) is 0 Å². The molecular weight excluding hydrogens is 210 g/mol. The van der Waals surface area contributed by atoms with Crippen molar-refractivity contribution in [2.75, 3.05) is 11.9 Å². The van der Waals surface area contributed by atoms with Crippen molar-refractivity contribution in [3.05, 3.63) is 11.8 Å². The lowest BCUT2D eigenvalue weighted by Crippen LogP contribution is -2.24. The lowest BCUT2D eigenvalue weighted by atomic mass is 9.91. The van der Waals surface area contributed by atoms with Crippen molar-refractivity contribution < 1.29 is 0 Å². The summed E-state index contributed by atoms with van der Waals surface area (Å²) in [5, 5.41) is 8.31. The summed E-state index contributed by atoms with van der Waals surface area (Å²) in [4.78, 5) is 0. The highest BCUT2D eigenvalue weighted by molar-refractivity contribution is 5.39. The van der Waals surface area contributed by atoms with Gasteiger partial charge in [0.1, 0.15) is 5.82 Å². The Kier molecular flexibility index (Phi) is 2.46. The van der Waals surface area contributed by atoms with E-state index in [0.717, 1.165) is 18.9 Å². The lowest BCUT2D eigenvalue weighted by Gasteiger charge is -2.25. The first-order chi connectivity index (χ1) is 8.03. The molecule has 1 unspecified atom stereocenters. The molecule has 2 heterocycles. The zero-order valence-electron chi connectivity index (χ0n) is 11.2. The lowest BCUT2D eigenvalue weighted by molar-refractivity contribution is 0.363. The van der Waals surface area contributed by atoms with Crippen LogP contribution in [-0.4, -0.2) is 16.3 Å². The van der Waals surface area contributed by atoms with Crippen LogP contribution in [0.2, 0.25) is 0 Å². The standard InChI is InChI=1S/C14H23N3/c1-14(2,3)9-11-8-13-15-7-6-12(10-4-5-10)17(13)16-11/h8,10,12,15H,4-7,9H2,1-3H3. The third-order valence-corrected chi connectivity index (χ3v) is 3.72. The molecule has 1 aromatic rings. The molecule has 0 aromatic carbocycles. The van der Waals surface area contributed by atoms with Gasteiger partial charge in [0.15, 0.2) is 0 Å². The van der Waals surface area contributed by atoms with Gasteiger partial charge in [-0.2, -0.15) is 5.10 Å². The molecule has 1 aliphatic carbocycles. The number of fused-ring (bicyclic) bond motifs is 1. The first kappa shape index (κ1) is 11.1. The van der Waals surface area contributed by atoms with Gasteiger partial charge in [0.05, 0.1) is 11.7 Å². The summed E-state index contributed by atoms with van der Waals surface area (Å²) in [7, 11) is 0. The maximum atomic E-state index is 4.83. The molecule has 94 valence electrons. The van der Waals surface area contributed by atoms with E-state index in [9.17, 15) is 0 Å². The Balaban J connectivity index is 1.85. The Labute approximate surface area is 104 Å². The fraction of sp³-hybridized carbons (Fsp3) is 0.786. The molecule has 1 aliphatic heterocycles. The van der Waals surface area contributed by atoms with Crippen LogP contribution in [0, 0.1) is 11.3 Å². The molecule has 0 bridgehead atoms. The van der Waals surface area contributed by atoms with E-state index < -0.39 is 0 Å². The van der Waals surface area contributed by atoms with Crippen molar-refractivity contribution >= 4 is 5.82 Å². The second-order valence-corrected chi connectivity index (χ2v) is 6.82. The average molecular weight is 233 g/mol. The quantitative estimate of drug-likeness (QED) is 0.850. The zero-order chi connectivity index (χ0) is 12.0. The van der Waals surface area contributed by atoms with E-state index in [1.807, 2.05) is 0 Å². The molecule has 0 radical (unpaired) electrons. The minimum Gasteiger partial charge on any atom is -0.370 e. The number of rotatable bonds is 2. The molecule has 1 fully saturated rings. The number of anilines is 1. The molecule has 1 aromatic heterocycles. The number of hydrogen-bond donors (Lipinski definition) is 1. The fourth-order valence-corrected chi connectivity index (χ4v) is 2.85. The van der Waals surface area contributed by atoms with E-state index in [1.54, 1.807) is 0 Å². The Hall–Kier alpha value is -0.990. The van der Waals surface area contributed by atoms with Crippen molar-refractivity contribution in [1.29, 1.82) is 0 Å². The first-order valence-electron chi connectivity index (χ1n) is 6.85. The number of hydrogen-bond acceptors (Lipinski definition) is 2. The van der Waals surface area contributed by atoms with Crippen LogP contribution in [0.15, 0.2) is 6.07 Å². The summed E-state index contributed by atoms with van der Waals surface area (Å²) in [5.41, 5.74) is 1.56. The minimum atomic E-state index is 0.319. The van der Waals surface area contributed by atoms with E-state index in [4.69, 9.17) is 5.10 Å². The maximum Gasteiger partial charge on any atom is 0.124 e. The van der Waals surface area contributed by atoms with E-state index in [0.29, 0.717) is 11.5 Å². The topological polar surface area (TPSA) is 29.9 Å². The minimum absolute atomic E-state index is 0.319. The molecule has 1 saturated carbocycles. The third-order valence-electron chi connectivity index (χ3n) is 3.72. The Bertz CT molecular complexity index is 410. The first-order valence-corrected chi connectivity index (χ1v) is 6.85. The Morgan fingerprint density at radius 3 is 2.76 bits per heavy atom. The summed E-state index contributed by atoms with van der Waals surface area (Å²) in [6.07, 6.45) is 5.11. The van der Waals surface area contributed by atoms with Gasteiger partial charge in [0.25, 0.3) is 0 Å². The van der Waals surface area contributed by atoms with Crippen molar-refractivity contribution in [2.45, 2.75) is 52.5 Å². The predicted octanol–water partition coefficient (Wildman–Crippen LogP) is 3.24. The van der Waals surface area contributed by atoms with E-state index >= 15 is 0 Å². The number of aromatic nitrogens is 2. The summed E-state index contributed by atoms with van der Waals surface area (Å²) in [5.74, 6) is 2.14. The Morgan fingerprint density at radius 2 is 2.12 bits per heavy atom. The summed E-state index contributed by atoms with van der Waals surface area (Å²) in [6.45, 7) is 7.94. The van der Waals surface area contributed by atoms with Gasteiger partial charge in [-0.3, -0.25) is 0 Å². The van der Waals surface area contributed by atoms with Crippen molar-refractivity contribution in [3.8, 4) is 0 Å². The largest absolute Gasteiger partial charge is 0.370 e. The van der Waals surface area contributed by atoms with Crippen LogP contribution in [0.1, 0.15) is 51.8 Å². The van der Waals surface area contributed by atoms with Crippen LogP contribution in [0.5, 0.6) is 0 Å². The van der Waals surface area contributed by atoms with Gasteiger partial charge in [-0.25, -0.2) is 4.68 Å². The summed E-state index contributed by atoms with van der Waals surface area (Å²) < 4.78 is 2.27. The highest BCUT2D eigenvalue weighted by Crippen LogP contribution is 2.44. The third kappa shape index (κ3) is 2.33. The molecule has 0 spiro atoms. The molecule has 0 amide bonds. The smallest absolute Gasteiger partial charge is 0.124 e. The van der Waals surface area contributed by atoms with Crippen LogP contribution < -0.4 is 5.32 Å². The molecular formula is C14H23N3. The number of nitrogens with zero attached hydrogens (tertiary/aromatic N) is 2. The maximum absolute atomic E-state index is 4.83. The van der Waals surface area contributed by atoms with Gasteiger partial charge in [0, 0.05) is 12.6 Å². The summed E-state index contributed by atoms with van der Waals surface area (Å²) in [6, 6.07) is 2.92. The zero-order valence-corrected chi connectivity index (χ0v) is 11.2. The Morgan fingerprint density at radius 1 is 1.35 bits per heavy atom. The van der Waals surface area contributed by atoms with Crippen LogP contribution >= 0.6 is 0 Å². The highest BCUT2D eigenvalue weighted by Gasteiger charge is 2.35. The molecule has 3 rings (SSSR count). The van der Waals surface area contributed by atoms with E-state index in [2.05, 4.69) is 36.8 Å². The van der Waals surface area contributed by atoms with Gasteiger partial charge in [-0.15, -0.1) is 0 Å². The fourth-order valence-electron chi connectivity index (χ4n) is 2.85. The summed E-state index contributed by atoms with van der Waals surface area (Å²) >= 11 is 0. The van der Waals surface area contributed by atoms with Crippen molar-refractivity contribution in [1.82, 2.24) is 9.78 Å². The van der Waals surface area contributed by atoms with Crippen molar-refractivity contribution in [2.24, 2.45) is 11.3 Å². The predicted molar refractivity (Wildman–Crippen MR) is 70.3 cm³/mol. The average Bonchev–Trinajstić information content (AvgIpc) is 2.96. The second kappa shape index (κ2) is 3.76. The van der Waals surface area contributed by atoms with Gasteiger partial charge >= 0.3 is 0 Å². The highest BCUT2D eigenvalue weighted by atomic mass is 15.4. The van der Waals surface area contributed by atoms with Crippen LogP contribution in [0.3, 0.4) is 0 Å². The van der Waals surface area contributed by atoms with Crippen LogP contribution in [-0.2, 0) is 6.42 Å². The second-order valence-electron chi connectivity index (χ2n) is 6.82. The molecule has 1 N–H and O–H groups in total. The molecule has 3 nitrogen and oxygen atoms in total. The molecule has 17 heavy (non-hydrogen) atoms. The molecule has 1 atom stereocenters. The monoisotopic (exact) mass is 233 g/mol. The van der Waals surface area contributed by atoms with E-state index in [-0.39, 0.29) is 0 Å². The van der Waals surface area contributed by atoms with Gasteiger partial charge in [-0.1, -0.05) is 20.8 Å². The SMILES string of the molecule is CC(C)(C)Cc1cc2n(n1)C(C1CC1)CCN2. The molecule has 0 saturated heterocycles. The number of nitrogens with one attached hydrogen (secondary N) is 1. The van der Waals surface area contributed by atoms with Gasteiger partial charge in [0.2, 0.25) is 0 Å². The normalized spacial score (nSPS) is 24.3.